The summed E-state index contributed by atoms with van der Waals surface area (Å²) in [7, 11) is 0. The van der Waals surface area contributed by atoms with Crippen LogP contribution in [0.3, 0.4) is 0 Å². The zero-order chi connectivity index (χ0) is 17.1. The molecule has 1 rings (SSSR count). The number of halogens is 1. The molecule has 2 amide bonds. The lowest BCUT2D eigenvalue weighted by molar-refractivity contribution is 0.184. The van der Waals surface area contributed by atoms with Crippen LogP contribution in [0.5, 0.6) is 0 Å². The van der Waals surface area contributed by atoms with E-state index in [-0.39, 0.29) is 21.2 Å². The SMILES string of the molecule is CC(C)(C)[S+]([O-])/N=C/c1cc(N(C(=O)O)C(=O)O)ccc1Cl. The molecule has 120 valence electrons. The molecule has 0 heterocycles. The second-order valence-electron chi connectivity index (χ2n) is 5.20. The largest absolute Gasteiger partial charge is 0.591 e. The van der Waals surface area contributed by atoms with Gasteiger partial charge in [-0.25, -0.2) is 9.59 Å². The van der Waals surface area contributed by atoms with E-state index < -0.39 is 28.3 Å². The Hall–Kier alpha value is -1.77. The third-order valence-electron chi connectivity index (χ3n) is 2.43. The molecule has 1 aromatic rings. The highest BCUT2D eigenvalue weighted by Gasteiger charge is 2.26. The molecule has 0 radical (unpaired) electrons. The van der Waals surface area contributed by atoms with Gasteiger partial charge < -0.3 is 14.8 Å². The van der Waals surface area contributed by atoms with Crippen molar-refractivity contribution in [2.24, 2.45) is 4.40 Å². The molecule has 0 aliphatic carbocycles. The maximum absolute atomic E-state index is 11.9. The van der Waals surface area contributed by atoms with Crippen molar-refractivity contribution < 1.29 is 24.4 Å². The molecule has 1 aromatic carbocycles. The minimum atomic E-state index is -1.64. The van der Waals surface area contributed by atoms with Crippen LogP contribution in [-0.4, -0.2) is 37.9 Å². The summed E-state index contributed by atoms with van der Waals surface area (Å²) in [6, 6.07) is 3.84. The fraction of sp³-hybridized carbons (Fsp3) is 0.308. The van der Waals surface area contributed by atoms with E-state index in [2.05, 4.69) is 4.40 Å². The molecule has 0 aliphatic heterocycles. The summed E-state index contributed by atoms with van der Waals surface area (Å²) in [5.41, 5.74) is 0.164. The third-order valence-corrected chi connectivity index (χ3v) is 4.12. The van der Waals surface area contributed by atoms with Gasteiger partial charge in [-0.05, 0) is 39.0 Å². The lowest BCUT2D eigenvalue weighted by Gasteiger charge is -2.18. The van der Waals surface area contributed by atoms with Crippen LogP contribution in [0.2, 0.25) is 5.02 Å². The van der Waals surface area contributed by atoms with Gasteiger partial charge in [-0.3, -0.25) is 0 Å². The molecule has 22 heavy (non-hydrogen) atoms. The Morgan fingerprint density at radius 3 is 2.32 bits per heavy atom. The highest BCUT2D eigenvalue weighted by atomic mass is 35.5. The van der Waals surface area contributed by atoms with Gasteiger partial charge in [0.25, 0.3) is 0 Å². The lowest BCUT2D eigenvalue weighted by Crippen LogP contribution is -2.34. The van der Waals surface area contributed by atoms with E-state index in [1.165, 1.54) is 24.4 Å². The minimum absolute atomic E-state index is 0.104. The molecular weight excluding hydrogens is 332 g/mol. The first-order chi connectivity index (χ1) is 10.0. The molecule has 1 unspecified atom stereocenters. The second-order valence-corrected chi connectivity index (χ2v) is 7.54. The van der Waals surface area contributed by atoms with Crippen molar-refractivity contribution in [1.29, 1.82) is 0 Å². The summed E-state index contributed by atoms with van der Waals surface area (Å²) in [6.45, 7) is 5.24. The number of carbonyl (C=O) groups is 2. The Balaban J connectivity index is 3.18. The number of amides is 2. The number of hydrogen-bond acceptors (Lipinski definition) is 4. The first kappa shape index (κ1) is 18.3. The maximum Gasteiger partial charge on any atom is 0.421 e. The van der Waals surface area contributed by atoms with E-state index in [1.807, 2.05) is 0 Å². The second kappa shape index (κ2) is 6.99. The van der Waals surface area contributed by atoms with Crippen LogP contribution in [-0.2, 0) is 11.4 Å². The summed E-state index contributed by atoms with van der Waals surface area (Å²) < 4.78 is 15.2. The number of nitrogens with zero attached hydrogens (tertiary/aromatic N) is 2. The van der Waals surface area contributed by atoms with E-state index in [9.17, 15) is 14.1 Å². The van der Waals surface area contributed by atoms with Crippen LogP contribution in [0.4, 0.5) is 15.3 Å². The van der Waals surface area contributed by atoms with Crippen LogP contribution in [0.1, 0.15) is 26.3 Å². The minimum Gasteiger partial charge on any atom is -0.591 e. The van der Waals surface area contributed by atoms with Crippen LogP contribution < -0.4 is 4.90 Å². The fourth-order valence-corrected chi connectivity index (χ4v) is 2.03. The average Bonchev–Trinajstić information content (AvgIpc) is 2.36. The van der Waals surface area contributed by atoms with Gasteiger partial charge in [0.05, 0.1) is 11.9 Å². The van der Waals surface area contributed by atoms with Gasteiger partial charge in [0.1, 0.15) is 16.1 Å². The van der Waals surface area contributed by atoms with Crippen molar-refractivity contribution in [2.45, 2.75) is 25.5 Å². The Bertz CT molecular complexity index is 601. The maximum atomic E-state index is 11.9. The molecule has 1 atom stereocenters. The quantitative estimate of drug-likeness (QED) is 0.643. The van der Waals surface area contributed by atoms with E-state index in [4.69, 9.17) is 21.8 Å². The molecule has 2 N–H and O–H groups in total. The van der Waals surface area contributed by atoms with Crippen molar-refractivity contribution in [3.63, 3.8) is 0 Å². The molecule has 0 aliphatic rings. The molecule has 9 heteroatoms. The van der Waals surface area contributed by atoms with E-state index in [0.29, 0.717) is 0 Å². The highest BCUT2D eigenvalue weighted by Crippen LogP contribution is 2.24. The van der Waals surface area contributed by atoms with Crippen molar-refractivity contribution in [2.75, 3.05) is 4.90 Å². The predicted octanol–water partition coefficient (Wildman–Crippen LogP) is 3.38. The molecule has 0 saturated carbocycles. The average molecular weight is 347 g/mol. The standard InChI is InChI=1S/C13H15ClN2O5S/c1-13(2,3)22(21)15-7-8-6-9(4-5-10(8)14)16(11(17)18)12(19)20/h4-7H,1-3H3,(H,17,18)(H,19,20)/b15-7+. The van der Waals surface area contributed by atoms with E-state index >= 15 is 0 Å². The Labute approximate surface area is 135 Å². The molecule has 0 aromatic heterocycles. The Kier molecular flexibility index (Phi) is 5.81. The third kappa shape index (κ3) is 4.62. The molecule has 0 bridgehead atoms. The molecule has 0 saturated heterocycles. The number of imide groups is 1. The van der Waals surface area contributed by atoms with Gasteiger partial charge in [-0.15, -0.1) is 0 Å². The summed E-state index contributed by atoms with van der Waals surface area (Å²) in [4.78, 5) is 22.1. The first-order valence-electron chi connectivity index (χ1n) is 6.05. The zero-order valence-corrected chi connectivity index (χ0v) is 13.7. The van der Waals surface area contributed by atoms with Crippen LogP contribution >= 0.6 is 11.6 Å². The van der Waals surface area contributed by atoms with Gasteiger partial charge in [0.15, 0.2) is 0 Å². The van der Waals surface area contributed by atoms with Crippen molar-refractivity contribution in [3.8, 4) is 0 Å². The molecule has 7 nitrogen and oxygen atoms in total. The molecule has 0 spiro atoms. The molecule has 0 fully saturated rings. The van der Waals surface area contributed by atoms with Crippen LogP contribution in [0.15, 0.2) is 22.6 Å². The summed E-state index contributed by atoms with van der Waals surface area (Å²) in [5.74, 6) is 0. The van der Waals surface area contributed by atoms with Crippen LogP contribution in [0, 0.1) is 0 Å². The van der Waals surface area contributed by atoms with Crippen molar-refractivity contribution in [1.82, 2.24) is 0 Å². The Morgan fingerprint density at radius 1 is 1.32 bits per heavy atom. The van der Waals surface area contributed by atoms with Gasteiger partial charge in [0.2, 0.25) is 0 Å². The van der Waals surface area contributed by atoms with Gasteiger partial charge in [-0.2, -0.15) is 4.90 Å². The smallest absolute Gasteiger partial charge is 0.421 e. The summed E-state index contributed by atoms with van der Waals surface area (Å²) in [5, 5.41) is 18.1. The summed E-state index contributed by atoms with van der Waals surface area (Å²) >= 11 is 4.44. The van der Waals surface area contributed by atoms with Crippen molar-refractivity contribution in [3.05, 3.63) is 28.8 Å². The Morgan fingerprint density at radius 2 is 1.86 bits per heavy atom. The van der Waals surface area contributed by atoms with Gasteiger partial charge in [-0.1, -0.05) is 16.0 Å². The number of rotatable bonds is 3. The van der Waals surface area contributed by atoms with Gasteiger partial charge in [0, 0.05) is 10.6 Å². The van der Waals surface area contributed by atoms with Crippen molar-refractivity contribution >= 4 is 47.1 Å². The normalized spacial score (nSPS) is 13.1. The topological polar surface area (TPSA) is 113 Å². The highest BCUT2D eigenvalue weighted by molar-refractivity contribution is 7.91. The fourth-order valence-electron chi connectivity index (χ4n) is 1.33. The predicted molar refractivity (Wildman–Crippen MR) is 85.5 cm³/mol. The lowest BCUT2D eigenvalue weighted by atomic mass is 10.2. The number of anilines is 1. The van der Waals surface area contributed by atoms with E-state index in [0.717, 1.165) is 0 Å². The molecular formula is C13H15ClN2O5S. The number of carboxylic acid groups (broad SMARTS) is 2. The number of hydrogen-bond donors (Lipinski definition) is 2. The van der Waals surface area contributed by atoms with Gasteiger partial charge >= 0.3 is 12.2 Å². The van der Waals surface area contributed by atoms with Crippen LogP contribution in [0.25, 0.3) is 0 Å². The monoisotopic (exact) mass is 346 g/mol. The van der Waals surface area contributed by atoms with E-state index in [1.54, 1.807) is 20.8 Å². The number of benzene rings is 1. The first-order valence-corrected chi connectivity index (χ1v) is 7.54. The summed E-state index contributed by atoms with van der Waals surface area (Å²) in [6.07, 6.45) is -2.05. The zero-order valence-electron chi connectivity index (χ0n) is 12.1.